The van der Waals surface area contributed by atoms with E-state index in [1.165, 1.54) is 5.56 Å². The Morgan fingerprint density at radius 3 is 2.11 bits per heavy atom. The van der Waals surface area contributed by atoms with Crippen molar-refractivity contribution in [2.45, 2.75) is 105 Å². The van der Waals surface area contributed by atoms with Gasteiger partial charge in [0.05, 0.1) is 19.3 Å². The summed E-state index contributed by atoms with van der Waals surface area (Å²) in [5, 5.41) is 17.3. The average Bonchev–Trinajstić information content (AvgIpc) is 2.80. The largest absolute Gasteiger partial charge is 0.497 e. The maximum Gasteiger partial charge on any atom is 0.407 e. The molecule has 0 heterocycles. The lowest BCUT2D eigenvalue weighted by atomic mass is 9.80. The van der Waals surface area contributed by atoms with Gasteiger partial charge in [0.1, 0.15) is 11.4 Å². The van der Waals surface area contributed by atoms with Gasteiger partial charge in [0.15, 0.2) is 0 Å². The Bertz CT molecular complexity index is 801. The van der Waals surface area contributed by atoms with Crippen LogP contribution in [0.2, 0.25) is 0 Å². The van der Waals surface area contributed by atoms with E-state index in [-0.39, 0.29) is 30.1 Å². The maximum absolute atomic E-state index is 12.9. The molecule has 0 bridgehead atoms. The van der Waals surface area contributed by atoms with Gasteiger partial charge in [0, 0.05) is 12.5 Å². The smallest absolute Gasteiger partial charge is 0.407 e. The molecule has 0 aromatic heterocycles. The Hall–Kier alpha value is -2.28. The fraction of sp³-hybridized carbons (Fsp3) is 0.733. The van der Waals surface area contributed by atoms with Crippen LogP contribution in [0.3, 0.4) is 0 Å². The van der Waals surface area contributed by atoms with E-state index < -0.39 is 23.8 Å². The summed E-state index contributed by atoms with van der Waals surface area (Å²) in [5.41, 5.74) is 0.514. The second-order valence-electron chi connectivity index (χ2n) is 11.8. The van der Waals surface area contributed by atoms with Gasteiger partial charge >= 0.3 is 6.09 Å². The number of ether oxygens (including phenoxy) is 2. The van der Waals surface area contributed by atoms with Crippen molar-refractivity contribution in [2.75, 3.05) is 13.7 Å². The molecule has 0 aliphatic carbocycles. The van der Waals surface area contributed by atoms with Crippen LogP contribution in [0.15, 0.2) is 24.3 Å². The number of nitrogens with one attached hydrogen (secondary N) is 2. The van der Waals surface area contributed by atoms with Crippen LogP contribution >= 0.6 is 0 Å². The number of hydrogen-bond donors (Lipinski definition) is 3. The minimum absolute atomic E-state index is 0.0443. The van der Waals surface area contributed by atoms with E-state index in [9.17, 15) is 14.7 Å². The quantitative estimate of drug-likeness (QED) is 0.257. The van der Waals surface area contributed by atoms with Crippen molar-refractivity contribution in [3.05, 3.63) is 29.8 Å². The van der Waals surface area contributed by atoms with Crippen molar-refractivity contribution in [1.82, 2.24) is 10.6 Å². The normalized spacial score (nSPS) is 15.1. The van der Waals surface area contributed by atoms with Crippen molar-refractivity contribution in [2.24, 2.45) is 23.7 Å². The van der Waals surface area contributed by atoms with Crippen LogP contribution in [0, 0.1) is 23.7 Å². The average molecular weight is 521 g/mol. The standard InChI is InChI=1S/C30H52N2O5/c1-10-11-16-31-28(34)25(21(4)5)19-27(33)26(32-29(35)37-30(6,7)8)18-23(20(2)3)17-22-12-14-24(36-9)15-13-22/h12-15,20-21,23,25-27,33H,10-11,16-19H2,1-9H3,(H,31,34)(H,32,35)/t23-,25-,26-,27-/m0/s1. The molecule has 0 radical (unpaired) electrons. The molecule has 0 aliphatic rings. The summed E-state index contributed by atoms with van der Waals surface area (Å²) >= 11 is 0. The fourth-order valence-corrected chi connectivity index (χ4v) is 4.38. The first-order valence-electron chi connectivity index (χ1n) is 13.9. The van der Waals surface area contributed by atoms with E-state index in [0.717, 1.165) is 25.0 Å². The summed E-state index contributed by atoms with van der Waals surface area (Å²) in [5.74, 6) is 0.973. The number of aliphatic hydroxyl groups excluding tert-OH is 1. The second kappa shape index (κ2) is 15.9. The van der Waals surface area contributed by atoms with Crippen molar-refractivity contribution < 1.29 is 24.2 Å². The SMILES string of the molecule is CCCCNC(=O)[C@@H](C[C@H](O)[C@H](C[C@H](Cc1ccc(OC)cc1)C(C)C)NC(=O)OC(C)(C)C)C(C)C. The molecule has 0 fully saturated rings. The molecule has 3 N–H and O–H groups in total. The van der Waals surface area contributed by atoms with Crippen LogP contribution in [0.4, 0.5) is 4.79 Å². The molecule has 4 atom stereocenters. The van der Waals surface area contributed by atoms with Gasteiger partial charge in [-0.05, 0) is 81.9 Å². The van der Waals surface area contributed by atoms with Gasteiger partial charge < -0.3 is 25.2 Å². The summed E-state index contributed by atoms with van der Waals surface area (Å²) in [6.45, 7) is 16.5. The highest BCUT2D eigenvalue weighted by Crippen LogP contribution is 2.27. The van der Waals surface area contributed by atoms with Gasteiger partial charge in [0.2, 0.25) is 5.91 Å². The van der Waals surface area contributed by atoms with Crippen LogP contribution in [0.25, 0.3) is 0 Å². The first-order chi connectivity index (χ1) is 17.3. The van der Waals surface area contributed by atoms with Crippen LogP contribution < -0.4 is 15.4 Å². The predicted molar refractivity (Wildman–Crippen MR) is 150 cm³/mol. The highest BCUT2D eigenvalue weighted by atomic mass is 16.6. The number of methoxy groups -OCH3 is 1. The first kappa shape index (κ1) is 32.7. The third-order valence-corrected chi connectivity index (χ3v) is 6.79. The zero-order valence-corrected chi connectivity index (χ0v) is 24.6. The third kappa shape index (κ3) is 12.7. The number of rotatable bonds is 15. The summed E-state index contributed by atoms with van der Waals surface area (Å²) in [4.78, 5) is 25.7. The molecular formula is C30H52N2O5. The van der Waals surface area contributed by atoms with Gasteiger partial charge in [-0.1, -0.05) is 53.2 Å². The lowest BCUT2D eigenvalue weighted by Gasteiger charge is -2.33. The zero-order chi connectivity index (χ0) is 28.2. The molecule has 0 aliphatic heterocycles. The number of alkyl carbamates (subject to hydrolysis) is 1. The number of carbonyl (C=O) groups is 2. The molecule has 0 saturated heterocycles. The maximum atomic E-state index is 12.9. The Morgan fingerprint density at radius 2 is 1.62 bits per heavy atom. The van der Waals surface area contributed by atoms with E-state index in [0.29, 0.717) is 18.9 Å². The van der Waals surface area contributed by atoms with Gasteiger partial charge in [-0.15, -0.1) is 0 Å². The Kier molecular flexibility index (Phi) is 14.0. The van der Waals surface area contributed by atoms with Crippen molar-refractivity contribution in [3.63, 3.8) is 0 Å². The predicted octanol–water partition coefficient (Wildman–Crippen LogP) is 5.73. The van der Waals surface area contributed by atoms with E-state index in [2.05, 4.69) is 43.5 Å². The Morgan fingerprint density at radius 1 is 1.00 bits per heavy atom. The minimum atomic E-state index is -0.894. The fourth-order valence-electron chi connectivity index (χ4n) is 4.38. The highest BCUT2D eigenvalue weighted by molar-refractivity contribution is 5.78. The van der Waals surface area contributed by atoms with Crippen LogP contribution in [-0.2, 0) is 16.0 Å². The summed E-state index contributed by atoms with van der Waals surface area (Å²) < 4.78 is 10.8. The molecule has 0 saturated carbocycles. The molecule has 212 valence electrons. The number of unbranched alkanes of at least 4 members (excludes halogenated alkanes) is 1. The van der Waals surface area contributed by atoms with Crippen molar-refractivity contribution in [3.8, 4) is 5.75 Å². The number of aliphatic hydroxyl groups is 1. The summed E-state index contributed by atoms with van der Waals surface area (Å²) in [6.07, 6.45) is 2.10. The number of benzene rings is 1. The van der Waals surface area contributed by atoms with Crippen molar-refractivity contribution >= 4 is 12.0 Å². The molecule has 7 nitrogen and oxygen atoms in total. The van der Waals surface area contributed by atoms with Gasteiger partial charge in [-0.25, -0.2) is 4.79 Å². The monoisotopic (exact) mass is 520 g/mol. The highest BCUT2D eigenvalue weighted by Gasteiger charge is 2.33. The third-order valence-electron chi connectivity index (χ3n) is 6.79. The number of carbonyl (C=O) groups excluding carboxylic acids is 2. The first-order valence-corrected chi connectivity index (χ1v) is 13.9. The molecule has 1 aromatic rings. The molecule has 37 heavy (non-hydrogen) atoms. The second-order valence-corrected chi connectivity index (χ2v) is 11.8. The molecule has 2 amide bonds. The molecule has 1 aromatic carbocycles. The number of amides is 2. The Balaban J connectivity index is 3.11. The van der Waals surface area contributed by atoms with Gasteiger partial charge in [-0.3, -0.25) is 4.79 Å². The summed E-state index contributed by atoms with van der Waals surface area (Å²) in [6, 6.07) is 7.45. The van der Waals surface area contributed by atoms with E-state index in [1.807, 2.05) is 46.8 Å². The van der Waals surface area contributed by atoms with Crippen molar-refractivity contribution in [1.29, 1.82) is 0 Å². The molecular weight excluding hydrogens is 468 g/mol. The minimum Gasteiger partial charge on any atom is -0.497 e. The van der Waals surface area contributed by atoms with Crippen LogP contribution in [-0.4, -0.2) is 48.5 Å². The van der Waals surface area contributed by atoms with Gasteiger partial charge in [0.25, 0.3) is 0 Å². The van der Waals surface area contributed by atoms with Gasteiger partial charge in [-0.2, -0.15) is 0 Å². The molecule has 0 unspecified atom stereocenters. The topological polar surface area (TPSA) is 96.9 Å². The molecule has 7 heteroatoms. The van der Waals surface area contributed by atoms with Crippen LogP contribution in [0.1, 0.15) is 86.6 Å². The molecule has 1 rings (SSSR count). The number of hydrogen-bond acceptors (Lipinski definition) is 5. The summed E-state index contributed by atoms with van der Waals surface area (Å²) in [7, 11) is 1.65. The lowest BCUT2D eigenvalue weighted by molar-refractivity contribution is -0.127. The van der Waals surface area contributed by atoms with E-state index >= 15 is 0 Å². The van der Waals surface area contributed by atoms with E-state index in [1.54, 1.807) is 7.11 Å². The lowest BCUT2D eigenvalue weighted by Crippen LogP contribution is -2.48. The zero-order valence-electron chi connectivity index (χ0n) is 24.6. The van der Waals surface area contributed by atoms with Crippen LogP contribution in [0.5, 0.6) is 5.75 Å². The molecule has 0 spiro atoms. The Labute approximate surface area is 225 Å². The van der Waals surface area contributed by atoms with E-state index in [4.69, 9.17) is 9.47 Å².